The minimum Gasteiger partial charge on any atom is -0.481 e. The van der Waals surface area contributed by atoms with Crippen LogP contribution in [0.1, 0.15) is 33.6 Å². The van der Waals surface area contributed by atoms with Crippen LogP contribution in [0.4, 0.5) is 4.79 Å². The van der Waals surface area contributed by atoms with Crippen LogP contribution in [0.25, 0.3) is 0 Å². The predicted molar refractivity (Wildman–Crippen MR) is 83.3 cm³/mol. The minimum atomic E-state index is -0.943. The Morgan fingerprint density at radius 1 is 1.35 bits per heavy atom. The van der Waals surface area contributed by atoms with E-state index in [0.29, 0.717) is 13.0 Å². The lowest BCUT2D eigenvalue weighted by Crippen LogP contribution is -2.73. The molecule has 0 radical (unpaired) electrons. The van der Waals surface area contributed by atoms with Crippen LogP contribution in [0.15, 0.2) is 0 Å². The summed E-state index contributed by atoms with van der Waals surface area (Å²) in [5, 5.41) is 21.5. The molecule has 8 nitrogen and oxygen atoms in total. The van der Waals surface area contributed by atoms with E-state index in [1.165, 1.54) is 4.90 Å². The van der Waals surface area contributed by atoms with Gasteiger partial charge in [0.2, 0.25) is 0 Å². The number of aliphatic hydroxyl groups is 1. The summed E-state index contributed by atoms with van der Waals surface area (Å²) in [5.41, 5.74) is -1.31. The number of aliphatic hydroxyl groups excluding tert-OH is 1. The first kappa shape index (κ1) is 19.7. The van der Waals surface area contributed by atoms with Crippen LogP contribution in [0, 0.1) is 0 Å². The zero-order chi connectivity index (χ0) is 17.7. The molecule has 0 saturated carbocycles. The van der Waals surface area contributed by atoms with Gasteiger partial charge in [-0.3, -0.25) is 4.79 Å². The van der Waals surface area contributed by atoms with Gasteiger partial charge in [-0.15, -0.1) is 0 Å². The first-order valence-electron chi connectivity index (χ1n) is 7.68. The third-order valence-corrected chi connectivity index (χ3v) is 3.48. The first-order valence-corrected chi connectivity index (χ1v) is 7.68. The molecule has 1 aliphatic heterocycles. The van der Waals surface area contributed by atoms with Crippen molar-refractivity contribution in [2.24, 2.45) is 0 Å². The van der Waals surface area contributed by atoms with E-state index in [0.717, 1.165) is 0 Å². The van der Waals surface area contributed by atoms with E-state index in [1.54, 1.807) is 27.9 Å². The summed E-state index contributed by atoms with van der Waals surface area (Å²) in [4.78, 5) is 24.6. The summed E-state index contributed by atoms with van der Waals surface area (Å²) >= 11 is 0. The van der Waals surface area contributed by atoms with Crippen LogP contribution in [-0.2, 0) is 14.3 Å². The van der Waals surface area contributed by atoms with E-state index < -0.39 is 23.2 Å². The van der Waals surface area contributed by atoms with E-state index in [9.17, 15) is 9.59 Å². The quantitative estimate of drug-likeness (QED) is 0.592. The van der Waals surface area contributed by atoms with E-state index in [-0.39, 0.29) is 32.2 Å². The van der Waals surface area contributed by atoms with Crippen molar-refractivity contribution >= 4 is 12.1 Å². The van der Waals surface area contributed by atoms with Gasteiger partial charge in [0, 0.05) is 32.8 Å². The highest BCUT2D eigenvalue weighted by Gasteiger charge is 2.48. The Hall–Kier alpha value is -1.38. The molecule has 1 fully saturated rings. The van der Waals surface area contributed by atoms with Gasteiger partial charge in [0.15, 0.2) is 0 Å². The van der Waals surface area contributed by atoms with Crippen molar-refractivity contribution in [3.63, 3.8) is 0 Å². The van der Waals surface area contributed by atoms with Crippen LogP contribution < -0.4 is 5.32 Å². The maximum absolute atomic E-state index is 12.0. The first-order chi connectivity index (χ1) is 10.6. The summed E-state index contributed by atoms with van der Waals surface area (Å²) in [7, 11) is 1.55. The fraction of sp³-hybridized carbons (Fsp3) is 0.867. The summed E-state index contributed by atoms with van der Waals surface area (Å²) in [6.07, 6.45) is -0.120. The largest absolute Gasteiger partial charge is 0.481 e. The molecule has 1 unspecified atom stereocenters. The average molecular weight is 332 g/mol. The fourth-order valence-electron chi connectivity index (χ4n) is 2.67. The topological polar surface area (TPSA) is 108 Å². The van der Waals surface area contributed by atoms with Crippen molar-refractivity contribution in [3.05, 3.63) is 0 Å². The van der Waals surface area contributed by atoms with E-state index >= 15 is 0 Å². The van der Waals surface area contributed by atoms with Gasteiger partial charge in [-0.25, -0.2) is 4.79 Å². The molecule has 1 rings (SSSR count). The van der Waals surface area contributed by atoms with Gasteiger partial charge in [0.1, 0.15) is 5.60 Å². The number of carbonyl (C=O) groups excluding carboxylic acids is 1. The molecule has 0 aromatic carbocycles. The molecule has 0 bridgehead atoms. The molecule has 0 aromatic heterocycles. The Morgan fingerprint density at radius 3 is 2.39 bits per heavy atom. The average Bonchev–Trinajstić information content (AvgIpc) is 2.32. The third kappa shape index (κ3) is 6.32. The lowest BCUT2D eigenvalue weighted by atomic mass is 9.85. The Labute approximate surface area is 136 Å². The summed E-state index contributed by atoms with van der Waals surface area (Å²) in [6, 6.07) is -0.176. The van der Waals surface area contributed by atoms with Gasteiger partial charge >= 0.3 is 12.1 Å². The monoisotopic (exact) mass is 332 g/mol. The number of hydrogen-bond donors (Lipinski definition) is 3. The van der Waals surface area contributed by atoms with E-state index in [4.69, 9.17) is 19.7 Å². The number of ether oxygens (including phenoxy) is 2. The number of nitrogens with one attached hydrogen (secondary N) is 1. The van der Waals surface area contributed by atoms with Gasteiger partial charge in [-0.1, -0.05) is 0 Å². The number of carboxylic acid groups (broad SMARTS) is 1. The molecule has 23 heavy (non-hydrogen) atoms. The number of methoxy groups -OCH3 is 1. The van der Waals surface area contributed by atoms with Crippen LogP contribution in [-0.4, -0.2) is 77.8 Å². The fourth-order valence-corrected chi connectivity index (χ4v) is 2.67. The molecule has 0 spiro atoms. The van der Waals surface area contributed by atoms with Gasteiger partial charge in [0.25, 0.3) is 0 Å². The highest BCUT2D eigenvalue weighted by Crippen LogP contribution is 2.27. The second-order valence-corrected chi connectivity index (χ2v) is 7.00. The van der Waals surface area contributed by atoms with Gasteiger partial charge < -0.3 is 29.9 Å². The molecule has 0 aromatic rings. The smallest absolute Gasteiger partial charge is 0.410 e. The number of carbonyl (C=O) groups is 2. The van der Waals surface area contributed by atoms with Gasteiger partial charge in [-0.05, 0) is 27.2 Å². The van der Waals surface area contributed by atoms with Crippen LogP contribution in [0.5, 0.6) is 0 Å². The highest BCUT2D eigenvalue weighted by molar-refractivity contribution is 5.73. The van der Waals surface area contributed by atoms with Crippen LogP contribution >= 0.6 is 0 Å². The molecule has 8 heteroatoms. The second-order valence-electron chi connectivity index (χ2n) is 7.00. The summed E-state index contributed by atoms with van der Waals surface area (Å²) < 4.78 is 10.4. The van der Waals surface area contributed by atoms with Crippen molar-refractivity contribution in [1.82, 2.24) is 10.2 Å². The maximum Gasteiger partial charge on any atom is 0.410 e. The molecule has 0 aliphatic carbocycles. The maximum atomic E-state index is 12.0. The molecular weight excluding hydrogens is 304 g/mol. The summed E-state index contributed by atoms with van der Waals surface area (Å²) in [5.74, 6) is -0.943. The highest BCUT2D eigenvalue weighted by atomic mass is 16.6. The zero-order valence-corrected chi connectivity index (χ0v) is 14.3. The molecule has 1 amide bonds. The zero-order valence-electron chi connectivity index (χ0n) is 14.3. The normalized spacial score (nSPS) is 18.2. The minimum absolute atomic E-state index is 0.0278. The molecular formula is C15H28N2O6. The van der Waals surface area contributed by atoms with E-state index in [1.807, 2.05) is 0 Å². The second kappa shape index (κ2) is 7.94. The van der Waals surface area contributed by atoms with Crippen molar-refractivity contribution in [2.45, 2.75) is 50.8 Å². The van der Waals surface area contributed by atoms with Crippen molar-refractivity contribution in [1.29, 1.82) is 0 Å². The SMILES string of the molecule is COCC(CCO)NC1(CC(=O)O)CN(C(=O)OC(C)(C)C)C1. The van der Waals surface area contributed by atoms with Crippen molar-refractivity contribution in [2.75, 3.05) is 33.4 Å². The van der Waals surface area contributed by atoms with Crippen molar-refractivity contribution < 1.29 is 29.3 Å². The standard InChI is InChI=1S/C15H28N2O6/c1-14(2,3)23-13(21)17-9-15(10-17,7-12(19)20)16-11(5-6-18)8-22-4/h11,16,18H,5-10H2,1-4H3,(H,19,20). The van der Waals surface area contributed by atoms with Crippen LogP contribution in [0.3, 0.4) is 0 Å². The lowest BCUT2D eigenvalue weighted by molar-refractivity contribution is -0.141. The third-order valence-electron chi connectivity index (χ3n) is 3.48. The van der Waals surface area contributed by atoms with E-state index in [2.05, 4.69) is 5.32 Å². The number of amides is 1. The summed E-state index contributed by atoms with van der Waals surface area (Å²) in [6.45, 7) is 6.17. The number of hydrogen-bond acceptors (Lipinski definition) is 6. The van der Waals surface area contributed by atoms with Gasteiger partial charge in [-0.2, -0.15) is 0 Å². The predicted octanol–water partition coefficient (Wildman–Crippen LogP) is 0.438. The van der Waals surface area contributed by atoms with Crippen molar-refractivity contribution in [3.8, 4) is 0 Å². The number of likely N-dealkylation sites (tertiary alicyclic amines) is 1. The molecule has 3 N–H and O–H groups in total. The molecule has 134 valence electrons. The van der Waals surface area contributed by atoms with Crippen LogP contribution in [0.2, 0.25) is 0 Å². The van der Waals surface area contributed by atoms with Gasteiger partial charge in [0.05, 0.1) is 18.6 Å². The number of nitrogens with zero attached hydrogens (tertiary/aromatic N) is 1. The Morgan fingerprint density at radius 2 is 1.96 bits per heavy atom. The number of aliphatic carboxylic acids is 1. The molecule has 1 atom stereocenters. The number of rotatable bonds is 8. The number of carboxylic acids is 1. The molecule has 1 heterocycles. The molecule has 1 saturated heterocycles. The Bertz CT molecular complexity index is 409. The lowest BCUT2D eigenvalue weighted by Gasteiger charge is -2.51. The Balaban J connectivity index is 2.69. The Kier molecular flexibility index (Phi) is 6.79. The molecule has 1 aliphatic rings.